The zero-order chi connectivity index (χ0) is 12.0. The van der Waals surface area contributed by atoms with Gasteiger partial charge in [-0.25, -0.2) is 0 Å². The standard InChI is InChI=1S/C12H18N2O2/c1-3-9(2)11(12(15)16)14-8-10-4-6-13-7-5-10/h4-7,9,11,14H,3,8H2,1-2H3,(H,15,16)/t9-,11-/m0/s1. The first-order chi connectivity index (χ1) is 7.65. The summed E-state index contributed by atoms with van der Waals surface area (Å²) in [5.41, 5.74) is 1.05. The Labute approximate surface area is 95.7 Å². The quantitative estimate of drug-likeness (QED) is 0.768. The summed E-state index contributed by atoms with van der Waals surface area (Å²) in [6, 6.07) is 3.27. The van der Waals surface area contributed by atoms with E-state index in [1.165, 1.54) is 0 Å². The van der Waals surface area contributed by atoms with E-state index in [4.69, 9.17) is 5.11 Å². The fraction of sp³-hybridized carbons (Fsp3) is 0.500. The normalized spacial score (nSPS) is 14.4. The van der Waals surface area contributed by atoms with Crippen LogP contribution in [0.1, 0.15) is 25.8 Å². The average Bonchev–Trinajstić information content (AvgIpc) is 2.30. The number of pyridine rings is 1. The summed E-state index contributed by atoms with van der Waals surface area (Å²) in [7, 11) is 0. The molecule has 0 saturated heterocycles. The first kappa shape index (κ1) is 12.6. The molecule has 1 aromatic heterocycles. The summed E-state index contributed by atoms with van der Waals surface area (Å²) < 4.78 is 0. The molecule has 0 aliphatic carbocycles. The third-order valence-corrected chi connectivity index (χ3v) is 2.75. The van der Waals surface area contributed by atoms with Crippen LogP contribution in [0.4, 0.5) is 0 Å². The SMILES string of the molecule is CC[C@H](C)[C@H](NCc1ccncc1)C(=O)O. The van der Waals surface area contributed by atoms with Crippen LogP contribution >= 0.6 is 0 Å². The molecule has 0 aromatic carbocycles. The van der Waals surface area contributed by atoms with Crippen LogP contribution in [0.15, 0.2) is 24.5 Å². The second-order valence-corrected chi connectivity index (χ2v) is 3.94. The minimum Gasteiger partial charge on any atom is -0.480 e. The van der Waals surface area contributed by atoms with Gasteiger partial charge in [-0.15, -0.1) is 0 Å². The largest absolute Gasteiger partial charge is 0.480 e. The predicted octanol–water partition coefficient (Wildman–Crippen LogP) is 1.67. The highest BCUT2D eigenvalue weighted by Crippen LogP contribution is 2.09. The Morgan fingerprint density at radius 1 is 1.50 bits per heavy atom. The molecular formula is C12H18N2O2. The molecule has 0 spiro atoms. The fourth-order valence-corrected chi connectivity index (χ4v) is 1.50. The highest BCUT2D eigenvalue weighted by atomic mass is 16.4. The van der Waals surface area contributed by atoms with E-state index in [1.54, 1.807) is 12.4 Å². The lowest BCUT2D eigenvalue weighted by atomic mass is 9.99. The van der Waals surface area contributed by atoms with Crippen LogP contribution in [-0.2, 0) is 11.3 Å². The monoisotopic (exact) mass is 222 g/mol. The van der Waals surface area contributed by atoms with Gasteiger partial charge in [-0.05, 0) is 23.6 Å². The van der Waals surface area contributed by atoms with Crippen LogP contribution in [0.5, 0.6) is 0 Å². The van der Waals surface area contributed by atoms with Crippen molar-refractivity contribution in [1.29, 1.82) is 0 Å². The van der Waals surface area contributed by atoms with Crippen molar-refractivity contribution in [3.05, 3.63) is 30.1 Å². The van der Waals surface area contributed by atoms with E-state index in [0.29, 0.717) is 6.54 Å². The summed E-state index contributed by atoms with van der Waals surface area (Å²) in [4.78, 5) is 15.0. The van der Waals surface area contributed by atoms with E-state index in [-0.39, 0.29) is 5.92 Å². The second kappa shape index (κ2) is 6.23. The van der Waals surface area contributed by atoms with Crippen molar-refractivity contribution in [2.24, 2.45) is 5.92 Å². The molecule has 0 unspecified atom stereocenters. The number of nitrogens with one attached hydrogen (secondary N) is 1. The lowest BCUT2D eigenvalue weighted by molar-refractivity contribution is -0.140. The van der Waals surface area contributed by atoms with Crippen molar-refractivity contribution in [3.63, 3.8) is 0 Å². The molecule has 88 valence electrons. The fourth-order valence-electron chi connectivity index (χ4n) is 1.50. The first-order valence-electron chi connectivity index (χ1n) is 5.50. The first-order valence-corrected chi connectivity index (χ1v) is 5.50. The van der Waals surface area contributed by atoms with Crippen LogP contribution in [0, 0.1) is 5.92 Å². The van der Waals surface area contributed by atoms with Crippen LogP contribution in [0.2, 0.25) is 0 Å². The molecule has 4 nitrogen and oxygen atoms in total. The molecule has 1 rings (SSSR count). The third kappa shape index (κ3) is 3.62. The molecule has 0 radical (unpaired) electrons. The van der Waals surface area contributed by atoms with Gasteiger partial charge < -0.3 is 10.4 Å². The molecule has 16 heavy (non-hydrogen) atoms. The van der Waals surface area contributed by atoms with Gasteiger partial charge in [0, 0.05) is 18.9 Å². The summed E-state index contributed by atoms with van der Waals surface area (Å²) in [6.45, 7) is 4.50. The highest BCUT2D eigenvalue weighted by Gasteiger charge is 2.22. The summed E-state index contributed by atoms with van der Waals surface area (Å²) in [5.74, 6) is -0.664. The maximum atomic E-state index is 11.0. The number of carbonyl (C=O) groups is 1. The predicted molar refractivity (Wildman–Crippen MR) is 62.0 cm³/mol. The number of carboxylic acid groups (broad SMARTS) is 1. The minimum atomic E-state index is -0.789. The Kier molecular flexibility index (Phi) is 4.92. The van der Waals surface area contributed by atoms with Crippen LogP contribution in [-0.4, -0.2) is 22.1 Å². The summed E-state index contributed by atoms with van der Waals surface area (Å²) in [5, 5.41) is 12.1. The highest BCUT2D eigenvalue weighted by molar-refractivity contribution is 5.73. The van der Waals surface area contributed by atoms with Gasteiger partial charge >= 0.3 is 5.97 Å². The van der Waals surface area contributed by atoms with E-state index >= 15 is 0 Å². The number of aliphatic carboxylic acids is 1. The van der Waals surface area contributed by atoms with Gasteiger partial charge in [0.25, 0.3) is 0 Å². The molecule has 0 aliphatic heterocycles. The third-order valence-electron chi connectivity index (χ3n) is 2.75. The maximum absolute atomic E-state index is 11.0. The van der Waals surface area contributed by atoms with Crippen molar-refractivity contribution in [2.75, 3.05) is 0 Å². The van der Waals surface area contributed by atoms with Crippen LogP contribution < -0.4 is 5.32 Å². The summed E-state index contributed by atoms with van der Waals surface area (Å²) in [6.07, 6.45) is 4.26. The van der Waals surface area contributed by atoms with Gasteiger partial charge in [-0.2, -0.15) is 0 Å². The molecule has 1 aromatic rings. The Balaban J connectivity index is 2.54. The van der Waals surface area contributed by atoms with E-state index in [1.807, 2.05) is 26.0 Å². The second-order valence-electron chi connectivity index (χ2n) is 3.94. The maximum Gasteiger partial charge on any atom is 0.320 e. The lowest BCUT2D eigenvalue weighted by Gasteiger charge is -2.20. The summed E-state index contributed by atoms with van der Waals surface area (Å²) >= 11 is 0. The molecule has 0 bridgehead atoms. The van der Waals surface area contributed by atoms with Crippen LogP contribution in [0.25, 0.3) is 0 Å². The van der Waals surface area contributed by atoms with Crippen LogP contribution in [0.3, 0.4) is 0 Å². The zero-order valence-corrected chi connectivity index (χ0v) is 9.68. The van der Waals surface area contributed by atoms with E-state index in [2.05, 4.69) is 10.3 Å². The van der Waals surface area contributed by atoms with E-state index < -0.39 is 12.0 Å². The Morgan fingerprint density at radius 2 is 2.12 bits per heavy atom. The number of nitrogens with zero attached hydrogens (tertiary/aromatic N) is 1. The Bertz CT molecular complexity index is 327. The molecule has 2 N–H and O–H groups in total. The molecule has 4 heteroatoms. The molecule has 0 fully saturated rings. The molecule has 0 aliphatic rings. The topological polar surface area (TPSA) is 62.2 Å². The Morgan fingerprint density at radius 3 is 2.62 bits per heavy atom. The molecule has 1 heterocycles. The van der Waals surface area contributed by atoms with Crippen molar-refractivity contribution in [3.8, 4) is 0 Å². The van der Waals surface area contributed by atoms with E-state index in [9.17, 15) is 4.79 Å². The van der Waals surface area contributed by atoms with Crippen molar-refractivity contribution >= 4 is 5.97 Å². The number of hydrogen-bond donors (Lipinski definition) is 2. The van der Waals surface area contributed by atoms with Gasteiger partial charge in [0.1, 0.15) is 6.04 Å². The van der Waals surface area contributed by atoms with Crippen molar-refractivity contribution in [1.82, 2.24) is 10.3 Å². The Hall–Kier alpha value is -1.42. The van der Waals surface area contributed by atoms with Crippen molar-refractivity contribution < 1.29 is 9.90 Å². The number of carboxylic acids is 1. The molecular weight excluding hydrogens is 204 g/mol. The van der Waals surface area contributed by atoms with Crippen molar-refractivity contribution in [2.45, 2.75) is 32.9 Å². The smallest absolute Gasteiger partial charge is 0.320 e. The lowest BCUT2D eigenvalue weighted by Crippen LogP contribution is -2.41. The number of rotatable bonds is 6. The van der Waals surface area contributed by atoms with Gasteiger partial charge in [0.05, 0.1) is 0 Å². The molecule has 2 atom stereocenters. The number of aromatic nitrogens is 1. The average molecular weight is 222 g/mol. The molecule has 0 amide bonds. The van der Waals surface area contributed by atoms with Gasteiger partial charge in [-0.3, -0.25) is 9.78 Å². The number of hydrogen-bond acceptors (Lipinski definition) is 3. The van der Waals surface area contributed by atoms with Gasteiger partial charge in [-0.1, -0.05) is 20.3 Å². The van der Waals surface area contributed by atoms with E-state index in [0.717, 1.165) is 12.0 Å². The minimum absolute atomic E-state index is 0.124. The van der Waals surface area contributed by atoms with Gasteiger partial charge in [0.2, 0.25) is 0 Å². The van der Waals surface area contributed by atoms with Gasteiger partial charge in [0.15, 0.2) is 0 Å². The zero-order valence-electron chi connectivity index (χ0n) is 9.68. The molecule has 0 saturated carbocycles.